The summed E-state index contributed by atoms with van der Waals surface area (Å²) in [7, 11) is 0. The van der Waals surface area contributed by atoms with Crippen LogP contribution in [0.1, 0.15) is 45.2 Å². The lowest BCUT2D eigenvalue weighted by molar-refractivity contribution is -0.163. The Balaban J connectivity index is 1.56. The van der Waals surface area contributed by atoms with Crippen molar-refractivity contribution in [1.82, 2.24) is 5.32 Å². The van der Waals surface area contributed by atoms with E-state index in [1.165, 1.54) is 0 Å². The zero-order chi connectivity index (χ0) is 23.4. The van der Waals surface area contributed by atoms with E-state index in [-0.39, 0.29) is 11.8 Å². The van der Waals surface area contributed by atoms with E-state index in [4.69, 9.17) is 9.47 Å². The Hall–Kier alpha value is -2.67. The summed E-state index contributed by atoms with van der Waals surface area (Å²) in [5.41, 5.74) is 1.67. The lowest BCUT2D eigenvalue weighted by Gasteiger charge is -2.27. The van der Waals surface area contributed by atoms with Crippen LogP contribution in [0.2, 0.25) is 0 Å². The van der Waals surface area contributed by atoms with E-state index in [0.29, 0.717) is 13.0 Å². The minimum absolute atomic E-state index is 0.141. The molecule has 7 nitrogen and oxygen atoms in total. The molecule has 1 spiro atoms. The minimum Gasteiger partial charge on any atom is -0.452 e. The van der Waals surface area contributed by atoms with E-state index < -0.39 is 41.2 Å². The quantitative estimate of drug-likeness (QED) is 0.562. The van der Waals surface area contributed by atoms with E-state index in [1.807, 2.05) is 65.0 Å². The van der Waals surface area contributed by atoms with Crippen LogP contribution < -0.4 is 10.2 Å². The van der Waals surface area contributed by atoms with Gasteiger partial charge in [0.15, 0.2) is 6.10 Å². The number of hydrogen-bond donors (Lipinski definition) is 1. The number of anilines is 1. The molecule has 1 aromatic carbocycles. The molecule has 0 saturated carbocycles. The van der Waals surface area contributed by atoms with Gasteiger partial charge in [-0.05, 0) is 52.7 Å². The molecule has 3 heterocycles. The molecule has 0 aromatic heterocycles. The van der Waals surface area contributed by atoms with Crippen LogP contribution in [-0.4, -0.2) is 47.7 Å². The van der Waals surface area contributed by atoms with Crippen molar-refractivity contribution in [3.8, 4) is 0 Å². The third kappa shape index (κ3) is 3.72. The smallest absolute Gasteiger partial charge is 0.313 e. The Kier molecular flexibility index (Phi) is 5.44. The second-order valence-corrected chi connectivity index (χ2v) is 10.2. The first-order valence-electron chi connectivity index (χ1n) is 11.2. The molecule has 0 unspecified atom stereocenters. The highest BCUT2D eigenvalue weighted by Crippen LogP contribution is 2.53. The zero-order valence-corrected chi connectivity index (χ0v) is 19.6. The normalized spacial score (nSPS) is 29.2. The number of aryl methyl sites for hydroxylation is 2. The summed E-state index contributed by atoms with van der Waals surface area (Å²) in [6, 6.07) is 5.95. The largest absolute Gasteiger partial charge is 0.452 e. The Bertz CT molecular complexity index is 995. The summed E-state index contributed by atoms with van der Waals surface area (Å²) >= 11 is 0. The molecule has 5 atom stereocenters. The van der Waals surface area contributed by atoms with Crippen LogP contribution in [0.5, 0.6) is 0 Å². The number of nitrogens with one attached hydrogen (secondary N) is 1. The van der Waals surface area contributed by atoms with Gasteiger partial charge in [0.25, 0.3) is 5.91 Å². The molecule has 0 aliphatic carbocycles. The number of carbonyl (C=O) groups is 3. The molecule has 2 saturated heterocycles. The van der Waals surface area contributed by atoms with Crippen LogP contribution in [0.4, 0.5) is 5.69 Å². The van der Waals surface area contributed by atoms with Gasteiger partial charge in [0.1, 0.15) is 11.5 Å². The molecule has 4 rings (SSSR count). The first-order chi connectivity index (χ1) is 15.0. The van der Waals surface area contributed by atoms with Crippen LogP contribution in [0.15, 0.2) is 30.4 Å². The summed E-state index contributed by atoms with van der Waals surface area (Å²) in [4.78, 5) is 41.1. The van der Waals surface area contributed by atoms with Crippen LogP contribution in [-0.2, 0) is 23.9 Å². The fourth-order valence-corrected chi connectivity index (χ4v) is 5.07. The zero-order valence-electron chi connectivity index (χ0n) is 19.6. The Morgan fingerprint density at radius 2 is 2.03 bits per heavy atom. The van der Waals surface area contributed by atoms with Crippen molar-refractivity contribution in [3.63, 3.8) is 0 Å². The summed E-state index contributed by atoms with van der Waals surface area (Å²) in [5.74, 6) is -2.46. The molecule has 1 N–H and O–H groups in total. The third-order valence-corrected chi connectivity index (χ3v) is 6.44. The molecule has 0 radical (unpaired) electrons. The molecular formula is C25H32N2O5. The fourth-order valence-electron chi connectivity index (χ4n) is 5.07. The van der Waals surface area contributed by atoms with Crippen LogP contribution in [0, 0.1) is 25.7 Å². The number of benzene rings is 1. The number of amides is 2. The van der Waals surface area contributed by atoms with E-state index in [9.17, 15) is 14.4 Å². The van der Waals surface area contributed by atoms with Gasteiger partial charge in [0.2, 0.25) is 5.91 Å². The number of fused-ring (bicyclic) bond motifs is 1. The molecule has 3 aliphatic rings. The summed E-state index contributed by atoms with van der Waals surface area (Å²) < 4.78 is 11.8. The maximum atomic E-state index is 13.5. The summed E-state index contributed by atoms with van der Waals surface area (Å²) in [5, 5.41) is 2.86. The number of ether oxygens (including phenoxy) is 2. The monoisotopic (exact) mass is 440 g/mol. The lowest BCUT2D eigenvalue weighted by atomic mass is 9.77. The van der Waals surface area contributed by atoms with Crippen molar-refractivity contribution in [2.45, 2.75) is 71.3 Å². The van der Waals surface area contributed by atoms with Gasteiger partial charge < -0.3 is 19.7 Å². The molecule has 2 amide bonds. The summed E-state index contributed by atoms with van der Waals surface area (Å²) in [6.07, 6.45) is 2.68. The molecule has 172 valence electrons. The highest BCUT2D eigenvalue weighted by Gasteiger charge is 2.67. The van der Waals surface area contributed by atoms with E-state index in [0.717, 1.165) is 16.8 Å². The SMILES string of the molecule is CC[C@H](OC(=O)[C@@H]1[C@H]2C=C[C@@]3(CN(c4ccc(C)cc4C)C(=O)[C@@H]13)O2)C(=O)NC(C)(C)C. The van der Waals surface area contributed by atoms with Gasteiger partial charge in [-0.1, -0.05) is 36.8 Å². The molecule has 7 heteroatoms. The standard InChI is InChI=1S/C25H32N2O5/c1-7-17(21(28)26-24(4,5)6)31-23(30)19-18-10-11-25(32-18)13-27(22(29)20(19)25)16-9-8-14(2)12-15(16)3/h8-12,17-20H,7,13H2,1-6H3,(H,26,28)/t17-,18+,19+,20+,25-/m0/s1. The van der Waals surface area contributed by atoms with Gasteiger partial charge in [-0.3, -0.25) is 14.4 Å². The van der Waals surface area contributed by atoms with E-state index >= 15 is 0 Å². The fraction of sp³-hybridized carbons (Fsp3) is 0.560. The number of carbonyl (C=O) groups excluding carboxylic acids is 3. The van der Waals surface area contributed by atoms with Crippen LogP contribution >= 0.6 is 0 Å². The second kappa shape index (κ2) is 7.73. The summed E-state index contributed by atoms with van der Waals surface area (Å²) in [6.45, 7) is 11.8. The van der Waals surface area contributed by atoms with Crippen molar-refractivity contribution in [3.05, 3.63) is 41.5 Å². The molecule has 32 heavy (non-hydrogen) atoms. The topological polar surface area (TPSA) is 84.9 Å². The lowest BCUT2D eigenvalue weighted by Crippen LogP contribution is -2.48. The minimum atomic E-state index is -0.910. The van der Waals surface area contributed by atoms with Gasteiger partial charge in [-0.2, -0.15) is 0 Å². The average Bonchev–Trinajstić information content (AvgIpc) is 3.33. The third-order valence-electron chi connectivity index (χ3n) is 6.44. The number of esters is 1. The molecule has 2 bridgehead atoms. The Morgan fingerprint density at radius 1 is 1.31 bits per heavy atom. The van der Waals surface area contributed by atoms with Crippen LogP contribution in [0.25, 0.3) is 0 Å². The number of rotatable bonds is 5. The van der Waals surface area contributed by atoms with Gasteiger partial charge >= 0.3 is 5.97 Å². The second-order valence-electron chi connectivity index (χ2n) is 10.2. The number of hydrogen-bond acceptors (Lipinski definition) is 5. The molecule has 3 aliphatic heterocycles. The van der Waals surface area contributed by atoms with Crippen molar-refractivity contribution < 1.29 is 23.9 Å². The molecular weight excluding hydrogens is 408 g/mol. The Morgan fingerprint density at radius 3 is 2.66 bits per heavy atom. The first kappa shape index (κ1) is 22.5. The van der Waals surface area contributed by atoms with Crippen LogP contribution in [0.3, 0.4) is 0 Å². The molecule has 2 fully saturated rings. The maximum absolute atomic E-state index is 13.5. The van der Waals surface area contributed by atoms with E-state index in [1.54, 1.807) is 11.8 Å². The number of nitrogens with zero attached hydrogens (tertiary/aromatic N) is 1. The van der Waals surface area contributed by atoms with Crippen molar-refractivity contribution in [2.75, 3.05) is 11.4 Å². The van der Waals surface area contributed by atoms with Gasteiger partial charge in [0.05, 0.1) is 18.6 Å². The van der Waals surface area contributed by atoms with Gasteiger partial charge in [0, 0.05) is 11.2 Å². The maximum Gasteiger partial charge on any atom is 0.313 e. The predicted octanol–water partition coefficient (Wildman–Crippen LogP) is 2.83. The average molecular weight is 441 g/mol. The van der Waals surface area contributed by atoms with E-state index in [2.05, 4.69) is 5.32 Å². The highest BCUT2D eigenvalue weighted by atomic mass is 16.6. The van der Waals surface area contributed by atoms with Gasteiger partial charge in [-0.15, -0.1) is 0 Å². The highest BCUT2D eigenvalue weighted by molar-refractivity contribution is 6.03. The Labute approximate surface area is 189 Å². The molecule has 1 aromatic rings. The first-order valence-corrected chi connectivity index (χ1v) is 11.2. The van der Waals surface area contributed by atoms with Crippen molar-refractivity contribution in [1.29, 1.82) is 0 Å². The van der Waals surface area contributed by atoms with Crippen molar-refractivity contribution >= 4 is 23.5 Å². The van der Waals surface area contributed by atoms with Gasteiger partial charge in [-0.25, -0.2) is 0 Å². The van der Waals surface area contributed by atoms with Crippen molar-refractivity contribution in [2.24, 2.45) is 11.8 Å². The predicted molar refractivity (Wildman–Crippen MR) is 120 cm³/mol.